The smallest absolute Gasteiger partial charge is 0.339 e. The summed E-state index contributed by atoms with van der Waals surface area (Å²) in [5, 5.41) is 0.490. The second-order valence-corrected chi connectivity index (χ2v) is 6.21. The normalized spacial score (nSPS) is 11.3. The topological polar surface area (TPSA) is 82.8 Å². The molecule has 6 nitrogen and oxygen atoms in total. The van der Waals surface area contributed by atoms with E-state index in [2.05, 4.69) is 0 Å². The first kappa shape index (κ1) is 15.1. The fourth-order valence-electron chi connectivity index (χ4n) is 2.01. The van der Waals surface area contributed by atoms with Gasteiger partial charge in [-0.2, -0.15) is 8.42 Å². The monoisotopic (exact) mass is 332 g/mol. The van der Waals surface area contributed by atoms with Crippen molar-refractivity contribution in [2.45, 2.75) is 4.90 Å². The molecule has 1 heterocycles. The number of hydrogen-bond acceptors (Lipinski definition) is 6. The van der Waals surface area contributed by atoms with Crippen molar-refractivity contribution < 1.29 is 21.8 Å². The minimum absolute atomic E-state index is 0.0327. The molecule has 0 unspecified atom stereocenters. The molecule has 0 amide bonds. The minimum atomic E-state index is -4.00. The summed E-state index contributed by atoms with van der Waals surface area (Å²) in [6.45, 7) is 0. The predicted molar refractivity (Wildman–Crippen MR) is 83.3 cm³/mol. The van der Waals surface area contributed by atoms with Gasteiger partial charge in [-0.3, -0.25) is 0 Å². The van der Waals surface area contributed by atoms with Crippen LogP contribution in [0.2, 0.25) is 0 Å². The molecule has 0 saturated heterocycles. The third kappa shape index (κ3) is 3.19. The molecule has 7 heteroatoms. The van der Waals surface area contributed by atoms with Crippen LogP contribution in [0.1, 0.15) is 0 Å². The van der Waals surface area contributed by atoms with Crippen molar-refractivity contribution in [3.05, 3.63) is 65.0 Å². The minimum Gasteiger partial charge on any atom is -0.497 e. The average molecular weight is 332 g/mol. The number of rotatable bonds is 4. The number of hydrogen-bond donors (Lipinski definition) is 0. The zero-order valence-corrected chi connectivity index (χ0v) is 12.9. The SMILES string of the molecule is COc1ccc(OS(=O)(=O)c2ccc3oc(=O)ccc3c2)cc1. The summed E-state index contributed by atoms with van der Waals surface area (Å²) in [6, 6.07) is 13.0. The van der Waals surface area contributed by atoms with E-state index in [9.17, 15) is 13.2 Å². The van der Waals surface area contributed by atoms with Crippen molar-refractivity contribution in [3.63, 3.8) is 0 Å². The van der Waals surface area contributed by atoms with E-state index < -0.39 is 15.7 Å². The molecule has 0 fully saturated rings. The highest BCUT2D eigenvalue weighted by atomic mass is 32.2. The van der Waals surface area contributed by atoms with Crippen LogP contribution in [0.15, 0.2) is 68.7 Å². The largest absolute Gasteiger partial charge is 0.497 e. The van der Waals surface area contributed by atoms with Crippen LogP contribution in [0.25, 0.3) is 11.0 Å². The lowest BCUT2D eigenvalue weighted by Crippen LogP contribution is -2.09. The van der Waals surface area contributed by atoms with Gasteiger partial charge in [-0.05, 0) is 48.5 Å². The van der Waals surface area contributed by atoms with E-state index in [0.717, 1.165) is 0 Å². The standard InChI is InChI=1S/C16H12O6S/c1-20-12-3-5-13(6-4-12)22-23(18,19)14-7-8-15-11(10-14)2-9-16(17)21-15/h2-10H,1H3. The van der Waals surface area contributed by atoms with Crippen LogP contribution in [0, 0.1) is 0 Å². The van der Waals surface area contributed by atoms with Gasteiger partial charge in [0.1, 0.15) is 22.0 Å². The number of fused-ring (bicyclic) bond motifs is 1. The van der Waals surface area contributed by atoms with Gasteiger partial charge >= 0.3 is 15.7 Å². The molecular formula is C16H12O6S. The Hall–Kier alpha value is -2.80. The Morgan fingerprint density at radius 3 is 2.30 bits per heavy atom. The molecule has 0 atom stereocenters. The van der Waals surface area contributed by atoms with Crippen LogP contribution in [-0.4, -0.2) is 15.5 Å². The van der Waals surface area contributed by atoms with Gasteiger partial charge in [0.15, 0.2) is 0 Å². The molecule has 0 aliphatic rings. The maximum atomic E-state index is 12.3. The van der Waals surface area contributed by atoms with Gasteiger partial charge in [-0.1, -0.05) is 0 Å². The molecule has 23 heavy (non-hydrogen) atoms. The molecular weight excluding hydrogens is 320 g/mol. The summed E-state index contributed by atoms with van der Waals surface area (Å²) in [4.78, 5) is 11.1. The lowest BCUT2D eigenvalue weighted by molar-refractivity contribution is 0.413. The maximum Gasteiger partial charge on any atom is 0.339 e. The summed E-state index contributed by atoms with van der Waals surface area (Å²) in [7, 11) is -2.48. The number of benzene rings is 2. The van der Waals surface area contributed by atoms with Crippen LogP contribution in [-0.2, 0) is 10.1 Å². The average Bonchev–Trinajstić information content (AvgIpc) is 2.54. The Morgan fingerprint density at radius 2 is 1.61 bits per heavy atom. The van der Waals surface area contributed by atoms with E-state index in [1.165, 1.54) is 49.6 Å². The van der Waals surface area contributed by atoms with Crippen molar-refractivity contribution >= 4 is 21.1 Å². The first-order valence-electron chi connectivity index (χ1n) is 6.60. The molecule has 1 aromatic heterocycles. The third-order valence-electron chi connectivity index (χ3n) is 3.14. The van der Waals surface area contributed by atoms with Gasteiger partial charge in [0.2, 0.25) is 0 Å². The molecule has 0 saturated carbocycles. The quantitative estimate of drug-likeness (QED) is 0.539. The summed E-state index contributed by atoms with van der Waals surface area (Å²) >= 11 is 0. The van der Waals surface area contributed by atoms with Gasteiger partial charge < -0.3 is 13.3 Å². The zero-order valence-electron chi connectivity index (χ0n) is 12.1. The summed E-state index contributed by atoms with van der Waals surface area (Å²) in [5.74, 6) is 0.765. The van der Waals surface area contributed by atoms with Crippen LogP contribution >= 0.6 is 0 Å². The number of methoxy groups -OCH3 is 1. The molecule has 0 spiro atoms. The molecule has 3 aromatic rings. The Kier molecular flexibility index (Phi) is 3.79. The predicted octanol–water partition coefficient (Wildman–Crippen LogP) is 2.57. The van der Waals surface area contributed by atoms with E-state index in [0.29, 0.717) is 16.7 Å². The molecule has 2 aromatic carbocycles. The Morgan fingerprint density at radius 1 is 0.913 bits per heavy atom. The molecule has 3 rings (SSSR count). The van der Waals surface area contributed by atoms with E-state index in [4.69, 9.17) is 13.3 Å². The zero-order chi connectivity index (χ0) is 16.4. The van der Waals surface area contributed by atoms with Gasteiger partial charge in [0.25, 0.3) is 0 Å². The fourth-order valence-corrected chi connectivity index (χ4v) is 2.98. The van der Waals surface area contributed by atoms with E-state index in [1.54, 1.807) is 12.1 Å². The first-order chi connectivity index (χ1) is 11.0. The highest BCUT2D eigenvalue weighted by molar-refractivity contribution is 7.87. The molecule has 0 aliphatic carbocycles. The van der Waals surface area contributed by atoms with E-state index in [-0.39, 0.29) is 10.6 Å². The Labute approximate surface area is 132 Å². The van der Waals surface area contributed by atoms with Gasteiger partial charge in [-0.25, -0.2) is 4.79 Å². The van der Waals surface area contributed by atoms with E-state index >= 15 is 0 Å². The first-order valence-corrected chi connectivity index (χ1v) is 8.01. The van der Waals surface area contributed by atoms with Crippen molar-refractivity contribution in [1.82, 2.24) is 0 Å². The molecule has 118 valence electrons. The second-order valence-electron chi connectivity index (χ2n) is 4.67. The van der Waals surface area contributed by atoms with Gasteiger partial charge in [0, 0.05) is 11.5 Å². The van der Waals surface area contributed by atoms with Crippen LogP contribution in [0.3, 0.4) is 0 Å². The Bertz CT molecular complexity index is 1000. The summed E-state index contributed by atoms with van der Waals surface area (Å²) < 4.78 is 39.7. The van der Waals surface area contributed by atoms with Crippen LogP contribution in [0.5, 0.6) is 11.5 Å². The molecule has 0 N–H and O–H groups in total. The third-order valence-corrected chi connectivity index (χ3v) is 4.39. The maximum absolute atomic E-state index is 12.3. The van der Waals surface area contributed by atoms with Gasteiger partial charge in [-0.15, -0.1) is 0 Å². The van der Waals surface area contributed by atoms with E-state index in [1.807, 2.05) is 0 Å². The van der Waals surface area contributed by atoms with Gasteiger partial charge in [0.05, 0.1) is 7.11 Å². The van der Waals surface area contributed by atoms with Crippen molar-refractivity contribution in [3.8, 4) is 11.5 Å². The highest BCUT2D eigenvalue weighted by Crippen LogP contribution is 2.23. The van der Waals surface area contributed by atoms with Crippen molar-refractivity contribution in [2.24, 2.45) is 0 Å². The summed E-state index contributed by atoms with van der Waals surface area (Å²) in [6.07, 6.45) is 0. The molecule has 0 aliphatic heterocycles. The summed E-state index contributed by atoms with van der Waals surface area (Å²) in [5.41, 5.74) is -0.191. The van der Waals surface area contributed by atoms with Crippen molar-refractivity contribution in [2.75, 3.05) is 7.11 Å². The molecule has 0 radical (unpaired) electrons. The highest BCUT2D eigenvalue weighted by Gasteiger charge is 2.17. The fraction of sp³-hybridized carbons (Fsp3) is 0.0625. The van der Waals surface area contributed by atoms with Crippen molar-refractivity contribution in [1.29, 1.82) is 0 Å². The molecule has 0 bridgehead atoms. The second kappa shape index (κ2) is 5.77. The lowest BCUT2D eigenvalue weighted by Gasteiger charge is -2.08. The van der Waals surface area contributed by atoms with Crippen LogP contribution < -0.4 is 14.5 Å². The lowest BCUT2D eigenvalue weighted by atomic mass is 10.2. The Balaban J connectivity index is 1.95. The number of ether oxygens (including phenoxy) is 1. The van der Waals surface area contributed by atoms with Crippen LogP contribution in [0.4, 0.5) is 0 Å².